The van der Waals surface area contributed by atoms with Crippen LogP contribution < -0.4 is 10.4 Å². The van der Waals surface area contributed by atoms with Gasteiger partial charge in [0.1, 0.15) is 8.07 Å². The van der Waals surface area contributed by atoms with Crippen molar-refractivity contribution in [2.75, 3.05) is 0 Å². The fourth-order valence-electron chi connectivity index (χ4n) is 8.17. The fourth-order valence-corrected chi connectivity index (χ4v) is 11.3. The fraction of sp³-hybridized carbons (Fsp3) is 0.0435. The molecule has 49 heavy (non-hydrogen) atoms. The van der Waals surface area contributed by atoms with E-state index in [9.17, 15) is 0 Å². The second-order valence-electron chi connectivity index (χ2n) is 13.8. The third kappa shape index (κ3) is 4.26. The van der Waals surface area contributed by atoms with Gasteiger partial charge < -0.3 is 0 Å². The molecule has 0 bridgehead atoms. The zero-order valence-corrected chi connectivity index (χ0v) is 28.4. The van der Waals surface area contributed by atoms with Crippen molar-refractivity contribution < 1.29 is 0 Å². The minimum atomic E-state index is -1.71. The standard InChI is InChI=1S/C46H32N2Si/c1-49(2)42-17-7-6-12-39(42)44-35-24-20-32(28-33(35)23-27-43(44)49)34-13-8-15-37-36(34)14-9-16-38(37)41-26-22-31-19-18-30-21-25-40(29-10-4-3-5-11-29)47-45(30)46(31)48-41/h3-28H,1-2H3. The van der Waals surface area contributed by atoms with E-state index in [1.54, 1.807) is 10.4 Å². The summed E-state index contributed by atoms with van der Waals surface area (Å²) in [4.78, 5) is 10.4. The molecule has 1 aliphatic heterocycles. The van der Waals surface area contributed by atoms with Gasteiger partial charge in [0.25, 0.3) is 0 Å². The third-order valence-electron chi connectivity index (χ3n) is 10.7. The summed E-state index contributed by atoms with van der Waals surface area (Å²) in [6, 6.07) is 57.3. The molecule has 0 saturated carbocycles. The number of aromatic nitrogens is 2. The molecule has 2 nitrogen and oxygen atoms in total. The maximum atomic E-state index is 5.31. The summed E-state index contributed by atoms with van der Waals surface area (Å²) in [5, 5.41) is 10.3. The van der Waals surface area contributed by atoms with Gasteiger partial charge in [-0.3, -0.25) is 0 Å². The second kappa shape index (κ2) is 10.5. The lowest BCUT2D eigenvalue weighted by molar-refractivity contribution is 1.37. The van der Waals surface area contributed by atoms with Crippen molar-refractivity contribution in [3.63, 3.8) is 0 Å². The molecular formula is C46H32N2Si. The van der Waals surface area contributed by atoms with E-state index in [1.807, 2.05) is 6.07 Å². The Morgan fingerprint density at radius 3 is 1.80 bits per heavy atom. The van der Waals surface area contributed by atoms with Crippen LogP contribution in [0.3, 0.4) is 0 Å². The van der Waals surface area contributed by atoms with Gasteiger partial charge in [0.2, 0.25) is 0 Å². The summed E-state index contributed by atoms with van der Waals surface area (Å²) < 4.78 is 0. The Morgan fingerprint density at radius 2 is 1.00 bits per heavy atom. The van der Waals surface area contributed by atoms with Crippen molar-refractivity contribution in [3.05, 3.63) is 158 Å². The molecule has 0 fully saturated rings. The first kappa shape index (κ1) is 28.1. The van der Waals surface area contributed by atoms with Crippen LogP contribution in [0.4, 0.5) is 0 Å². The topological polar surface area (TPSA) is 25.8 Å². The molecule has 0 amide bonds. The lowest BCUT2D eigenvalue weighted by Crippen LogP contribution is -2.49. The molecule has 2 aromatic heterocycles. The molecule has 0 N–H and O–H groups in total. The van der Waals surface area contributed by atoms with Crippen LogP contribution in [-0.2, 0) is 0 Å². The molecule has 9 aromatic rings. The first-order chi connectivity index (χ1) is 24.0. The Balaban J connectivity index is 1.11. The molecule has 0 radical (unpaired) electrons. The molecule has 0 saturated heterocycles. The molecule has 1 aliphatic rings. The van der Waals surface area contributed by atoms with E-state index in [1.165, 1.54) is 43.8 Å². The number of nitrogens with zero attached hydrogens (tertiary/aromatic N) is 2. The van der Waals surface area contributed by atoms with Crippen molar-refractivity contribution >= 4 is 61.8 Å². The minimum absolute atomic E-state index is 0.927. The largest absolute Gasteiger partial charge is 0.245 e. The Labute approximate surface area is 286 Å². The Bertz CT molecular complexity index is 2800. The highest BCUT2D eigenvalue weighted by Gasteiger charge is 2.37. The summed E-state index contributed by atoms with van der Waals surface area (Å²) in [5.74, 6) is 0. The highest BCUT2D eigenvalue weighted by Crippen LogP contribution is 2.39. The number of rotatable bonds is 3. The number of hydrogen-bond acceptors (Lipinski definition) is 2. The van der Waals surface area contributed by atoms with Crippen LogP contribution >= 0.6 is 0 Å². The lowest BCUT2D eigenvalue weighted by Gasteiger charge is -2.19. The highest BCUT2D eigenvalue weighted by atomic mass is 28.3. The van der Waals surface area contributed by atoms with Crippen LogP contribution in [0.5, 0.6) is 0 Å². The maximum Gasteiger partial charge on any atom is 0.113 e. The van der Waals surface area contributed by atoms with Gasteiger partial charge >= 0.3 is 0 Å². The van der Waals surface area contributed by atoms with Crippen LogP contribution in [0, 0.1) is 0 Å². The third-order valence-corrected chi connectivity index (χ3v) is 14.2. The molecule has 3 heterocycles. The van der Waals surface area contributed by atoms with Gasteiger partial charge in [-0.25, -0.2) is 9.97 Å². The van der Waals surface area contributed by atoms with Gasteiger partial charge in [-0.1, -0.05) is 153 Å². The predicted molar refractivity (Wildman–Crippen MR) is 211 cm³/mol. The van der Waals surface area contributed by atoms with E-state index in [-0.39, 0.29) is 0 Å². The quantitative estimate of drug-likeness (QED) is 0.142. The predicted octanol–water partition coefficient (Wildman–Crippen LogP) is 10.9. The van der Waals surface area contributed by atoms with Gasteiger partial charge in [0.15, 0.2) is 0 Å². The molecule has 0 spiro atoms. The average molecular weight is 641 g/mol. The number of pyridine rings is 2. The smallest absolute Gasteiger partial charge is 0.113 e. The van der Waals surface area contributed by atoms with E-state index in [0.717, 1.165) is 44.3 Å². The van der Waals surface area contributed by atoms with Crippen LogP contribution in [0.25, 0.3) is 88.1 Å². The van der Waals surface area contributed by atoms with Gasteiger partial charge in [-0.15, -0.1) is 0 Å². The first-order valence-corrected chi connectivity index (χ1v) is 20.0. The maximum absolute atomic E-state index is 5.31. The minimum Gasteiger partial charge on any atom is -0.245 e. The van der Waals surface area contributed by atoms with Gasteiger partial charge in [-0.05, 0) is 72.4 Å². The molecule has 10 rings (SSSR count). The highest BCUT2D eigenvalue weighted by molar-refractivity contribution is 7.04. The molecular weight excluding hydrogens is 609 g/mol. The average Bonchev–Trinajstić information content (AvgIpc) is 3.40. The van der Waals surface area contributed by atoms with Gasteiger partial charge in [0.05, 0.1) is 22.4 Å². The second-order valence-corrected chi connectivity index (χ2v) is 18.1. The Morgan fingerprint density at radius 1 is 0.388 bits per heavy atom. The van der Waals surface area contributed by atoms with E-state index in [2.05, 4.69) is 165 Å². The van der Waals surface area contributed by atoms with E-state index >= 15 is 0 Å². The van der Waals surface area contributed by atoms with Crippen molar-refractivity contribution in [1.82, 2.24) is 9.97 Å². The monoisotopic (exact) mass is 640 g/mol. The molecule has 0 aliphatic carbocycles. The number of hydrogen-bond donors (Lipinski definition) is 0. The SMILES string of the molecule is C[Si]1(C)c2ccccc2-c2c1ccc1cc(-c3cccc4c(-c5ccc6ccc7ccc(-c8ccccc8)nc7c6n5)cccc34)ccc21. The molecule has 0 atom stereocenters. The summed E-state index contributed by atoms with van der Waals surface area (Å²) in [5.41, 5.74) is 11.3. The summed E-state index contributed by atoms with van der Waals surface area (Å²) in [7, 11) is -1.71. The van der Waals surface area contributed by atoms with Crippen LogP contribution in [-0.4, -0.2) is 18.0 Å². The zero-order valence-electron chi connectivity index (χ0n) is 27.4. The van der Waals surface area contributed by atoms with Crippen molar-refractivity contribution in [1.29, 1.82) is 0 Å². The van der Waals surface area contributed by atoms with Crippen molar-refractivity contribution in [3.8, 4) is 44.8 Å². The van der Waals surface area contributed by atoms with Crippen LogP contribution in [0.2, 0.25) is 13.1 Å². The summed E-state index contributed by atoms with van der Waals surface area (Å²) in [6.07, 6.45) is 0. The van der Waals surface area contributed by atoms with Crippen LogP contribution in [0.1, 0.15) is 0 Å². The zero-order chi connectivity index (χ0) is 32.7. The number of benzene rings is 7. The Kier molecular flexibility index (Phi) is 6.06. The molecule has 0 unspecified atom stereocenters. The first-order valence-electron chi connectivity index (χ1n) is 17.0. The summed E-state index contributed by atoms with van der Waals surface area (Å²) >= 11 is 0. The van der Waals surface area contributed by atoms with Gasteiger partial charge in [0, 0.05) is 21.9 Å². The van der Waals surface area contributed by atoms with Crippen molar-refractivity contribution in [2.24, 2.45) is 0 Å². The van der Waals surface area contributed by atoms with E-state index in [4.69, 9.17) is 9.97 Å². The van der Waals surface area contributed by atoms with E-state index < -0.39 is 8.07 Å². The lowest BCUT2D eigenvalue weighted by atomic mass is 9.91. The normalized spacial score (nSPS) is 13.3. The Hall–Kier alpha value is -5.90. The molecule has 230 valence electrons. The van der Waals surface area contributed by atoms with E-state index in [0.29, 0.717) is 0 Å². The molecule has 7 aromatic carbocycles. The molecule has 3 heteroatoms. The van der Waals surface area contributed by atoms with Crippen molar-refractivity contribution in [2.45, 2.75) is 13.1 Å². The van der Waals surface area contributed by atoms with Crippen LogP contribution in [0.15, 0.2) is 158 Å². The van der Waals surface area contributed by atoms with Gasteiger partial charge in [-0.2, -0.15) is 0 Å². The number of fused-ring (bicyclic) bond motifs is 9. The summed E-state index contributed by atoms with van der Waals surface area (Å²) in [6.45, 7) is 4.97.